The van der Waals surface area contributed by atoms with E-state index in [1.54, 1.807) is 31.8 Å². The Labute approximate surface area is 136 Å². The third-order valence-corrected chi connectivity index (χ3v) is 4.03. The number of aromatic nitrogens is 5. The lowest BCUT2D eigenvalue weighted by Crippen LogP contribution is -1.97. The van der Waals surface area contributed by atoms with Gasteiger partial charge in [0.15, 0.2) is 5.16 Å². The van der Waals surface area contributed by atoms with Crippen LogP contribution >= 0.6 is 23.4 Å². The Balaban J connectivity index is 1.76. The van der Waals surface area contributed by atoms with Crippen molar-refractivity contribution in [2.24, 2.45) is 0 Å². The number of hydrogen-bond acceptors (Lipinski definition) is 6. The SMILES string of the molecule is COc1ccc(-n2cnnc2SCc2cccc(Cl)n2)cn1. The minimum Gasteiger partial charge on any atom is -0.481 e. The van der Waals surface area contributed by atoms with E-state index >= 15 is 0 Å². The first-order valence-corrected chi connectivity index (χ1v) is 7.77. The van der Waals surface area contributed by atoms with Crippen LogP contribution < -0.4 is 4.74 Å². The van der Waals surface area contributed by atoms with Crippen LogP contribution in [0.15, 0.2) is 48.0 Å². The third kappa shape index (κ3) is 3.37. The molecule has 112 valence electrons. The van der Waals surface area contributed by atoms with Crippen LogP contribution in [0.2, 0.25) is 5.15 Å². The summed E-state index contributed by atoms with van der Waals surface area (Å²) in [4.78, 5) is 8.44. The second-order valence-electron chi connectivity index (χ2n) is 4.28. The van der Waals surface area contributed by atoms with Gasteiger partial charge >= 0.3 is 0 Å². The number of thioether (sulfide) groups is 1. The van der Waals surface area contributed by atoms with Gasteiger partial charge in [-0.25, -0.2) is 9.97 Å². The van der Waals surface area contributed by atoms with Crippen LogP contribution in [0.1, 0.15) is 5.69 Å². The number of pyridine rings is 2. The maximum Gasteiger partial charge on any atom is 0.213 e. The van der Waals surface area contributed by atoms with Gasteiger partial charge in [-0.2, -0.15) is 0 Å². The average molecular weight is 334 g/mol. The van der Waals surface area contributed by atoms with E-state index in [2.05, 4.69) is 20.2 Å². The van der Waals surface area contributed by atoms with Gasteiger partial charge in [0.1, 0.15) is 11.5 Å². The first kappa shape index (κ1) is 14.8. The molecule has 0 amide bonds. The highest BCUT2D eigenvalue weighted by molar-refractivity contribution is 7.98. The van der Waals surface area contributed by atoms with E-state index in [0.717, 1.165) is 16.5 Å². The van der Waals surface area contributed by atoms with Crippen molar-refractivity contribution in [2.45, 2.75) is 10.9 Å². The van der Waals surface area contributed by atoms with Crippen molar-refractivity contribution in [3.63, 3.8) is 0 Å². The van der Waals surface area contributed by atoms with Crippen LogP contribution in [0.25, 0.3) is 5.69 Å². The molecule has 3 aromatic heterocycles. The summed E-state index contributed by atoms with van der Waals surface area (Å²) in [6, 6.07) is 9.25. The smallest absolute Gasteiger partial charge is 0.213 e. The van der Waals surface area contributed by atoms with Crippen molar-refractivity contribution in [1.82, 2.24) is 24.7 Å². The number of rotatable bonds is 5. The molecule has 6 nitrogen and oxygen atoms in total. The lowest BCUT2D eigenvalue weighted by Gasteiger charge is -2.06. The molecule has 0 aromatic carbocycles. The molecular weight excluding hydrogens is 322 g/mol. The molecule has 3 heterocycles. The lowest BCUT2D eigenvalue weighted by molar-refractivity contribution is 0.397. The maximum atomic E-state index is 5.89. The zero-order valence-electron chi connectivity index (χ0n) is 11.7. The Morgan fingerprint density at radius 1 is 1.27 bits per heavy atom. The molecule has 0 fully saturated rings. The summed E-state index contributed by atoms with van der Waals surface area (Å²) in [7, 11) is 1.58. The second-order valence-corrected chi connectivity index (χ2v) is 5.61. The molecule has 22 heavy (non-hydrogen) atoms. The average Bonchev–Trinajstić information content (AvgIpc) is 3.01. The molecule has 3 rings (SSSR count). The van der Waals surface area contributed by atoms with Gasteiger partial charge in [-0.1, -0.05) is 29.4 Å². The zero-order chi connectivity index (χ0) is 15.4. The number of nitrogens with zero attached hydrogens (tertiary/aromatic N) is 5. The standard InChI is InChI=1S/C14H12ClN5OS/c1-21-13-6-5-11(7-16-13)20-9-17-19-14(20)22-8-10-3-2-4-12(15)18-10/h2-7,9H,8H2,1H3. The molecule has 0 radical (unpaired) electrons. The van der Waals surface area contributed by atoms with E-state index in [0.29, 0.717) is 16.8 Å². The van der Waals surface area contributed by atoms with Gasteiger partial charge in [0.25, 0.3) is 0 Å². The number of methoxy groups -OCH3 is 1. The molecule has 0 unspecified atom stereocenters. The summed E-state index contributed by atoms with van der Waals surface area (Å²) in [6.07, 6.45) is 3.36. The third-order valence-electron chi connectivity index (χ3n) is 2.85. The van der Waals surface area contributed by atoms with E-state index in [4.69, 9.17) is 16.3 Å². The summed E-state index contributed by atoms with van der Waals surface area (Å²) >= 11 is 7.42. The first-order valence-electron chi connectivity index (χ1n) is 6.41. The minimum atomic E-state index is 0.485. The molecule has 0 aliphatic rings. The highest BCUT2D eigenvalue weighted by Crippen LogP contribution is 2.23. The Hall–Kier alpha value is -2.12. The topological polar surface area (TPSA) is 65.7 Å². The number of ether oxygens (including phenoxy) is 1. The molecule has 0 aliphatic heterocycles. The largest absolute Gasteiger partial charge is 0.481 e. The molecule has 0 N–H and O–H groups in total. The summed E-state index contributed by atoms with van der Waals surface area (Å²) in [5.41, 5.74) is 1.76. The molecule has 0 aliphatic carbocycles. The van der Waals surface area contributed by atoms with Crippen molar-refractivity contribution < 1.29 is 4.74 Å². The first-order chi connectivity index (χ1) is 10.8. The second kappa shape index (κ2) is 6.76. The van der Waals surface area contributed by atoms with Gasteiger partial charge in [0, 0.05) is 11.8 Å². The van der Waals surface area contributed by atoms with Crippen LogP contribution in [0.3, 0.4) is 0 Å². The van der Waals surface area contributed by atoms with Crippen LogP contribution in [0.4, 0.5) is 0 Å². The van der Waals surface area contributed by atoms with Gasteiger partial charge < -0.3 is 4.74 Å². The number of hydrogen-bond donors (Lipinski definition) is 0. The van der Waals surface area contributed by atoms with Gasteiger partial charge in [-0.3, -0.25) is 4.57 Å². The Morgan fingerprint density at radius 3 is 2.91 bits per heavy atom. The van der Waals surface area contributed by atoms with Crippen LogP contribution in [-0.2, 0) is 5.75 Å². The fourth-order valence-corrected chi connectivity index (χ4v) is 2.82. The monoisotopic (exact) mass is 333 g/mol. The Bertz CT molecular complexity index is 762. The molecule has 0 saturated heterocycles. The van der Waals surface area contributed by atoms with E-state index in [1.807, 2.05) is 22.8 Å². The van der Waals surface area contributed by atoms with Crippen molar-refractivity contribution in [3.05, 3.63) is 53.7 Å². The van der Waals surface area contributed by atoms with Gasteiger partial charge in [0.05, 0.1) is 24.7 Å². The van der Waals surface area contributed by atoms with Crippen molar-refractivity contribution in [1.29, 1.82) is 0 Å². The summed E-state index contributed by atoms with van der Waals surface area (Å²) in [6.45, 7) is 0. The zero-order valence-corrected chi connectivity index (χ0v) is 13.3. The molecule has 0 spiro atoms. The van der Waals surface area contributed by atoms with Crippen molar-refractivity contribution >= 4 is 23.4 Å². The van der Waals surface area contributed by atoms with Gasteiger partial charge in [0.2, 0.25) is 5.88 Å². The predicted octanol–water partition coefficient (Wildman–Crippen LogP) is 3.01. The fraction of sp³-hybridized carbons (Fsp3) is 0.143. The number of halogens is 1. The molecular formula is C14H12ClN5OS. The lowest BCUT2D eigenvalue weighted by atomic mass is 10.4. The Kier molecular flexibility index (Phi) is 4.55. The van der Waals surface area contributed by atoms with E-state index < -0.39 is 0 Å². The van der Waals surface area contributed by atoms with Crippen LogP contribution in [-0.4, -0.2) is 31.8 Å². The fourth-order valence-electron chi connectivity index (χ4n) is 1.80. The summed E-state index contributed by atoms with van der Waals surface area (Å²) in [5, 5.41) is 9.33. The normalized spacial score (nSPS) is 10.6. The van der Waals surface area contributed by atoms with E-state index in [9.17, 15) is 0 Å². The van der Waals surface area contributed by atoms with E-state index in [-0.39, 0.29) is 0 Å². The van der Waals surface area contributed by atoms with Crippen molar-refractivity contribution in [2.75, 3.05) is 7.11 Å². The quantitative estimate of drug-likeness (QED) is 0.528. The maximum absolute atomic E-state index is 5.89. The minimum absolute atomic E-state index is 0.485. The van der Waals surface area contributed by atoms with Crippen LogP contribution in [0.5, 0.6) is 5.88 Å². The van der Waals surface area contributed by atoms with Crippen LogP contribution in [0, 0.1) is 0 Å². The molecule has 0 saturated carbocycles. The predicted molar refractivity (Wildman–Crippen MR) is 84.5 cm³/mol. The van der Waals surface area contributed by atoms with Gasteiger partial charge in [-0.05, 0) is 18.2 Å². The highest BCUT2D eigenvalue weighted by atomic mass is 35.5. The summed E-state index contributed by atoms with van der Waals surface area (Å²) < 4.78 is 6.92. The van der Waals surface area contributed by atoms with E-state index in [1.165, 1.54) is 11.8 Å². The molecule has 3 aromatic rings. The highest BCUT2D eigenvalue weighted by Gasteiger charge is 2.09. The molecule has 8 heteroatoms. The molecule has 0 bridgehead atoms. The molecule has 0 atom stereocenters. The van der Waals surface area contributed by atoms with Gasteiger partial charge in [-0.15, -0.1) is 10.2 Å². The Morgan fingerprint density at radius 2 is 2.18 bits per heavy atom. The van der Waals surface area contributed by atoms with Crippen molar-refractivity contribution in [3.8, 4) is 11.6 Å². The summed E-state index contributed by atoms with van der Waals surface area (Å²) in [5.74, 6) is 1.22.